The smallest absolute Gasteiger partial charge is 0.344 e. The summed E-state index contributed by atoms with van der Waals surface area (Å²) >= 11 is 5.69. The topological polar surface area (TPSA) is 63.6 Å². The zero-order valence-electron chi connectivity index (χ0n) is 8.36. The molecule has 0 saturated carbocycles. The summed E-state index contributed by atoms with van der Waals surface area (Å²) in [5.74, 6) is -1.43. The number of alkyl halides is 1. The van der Waals surface area contributed by atoms with E-state index < -0.39 is 22.7 Å². The highest BCUT2D eigenvalue weighted by molar-refractivity contribution is 6.37. The van der Waals surface area contributed by atoms with Crippen LogP contribution in [0.15, 0.2) is 23.8 Å². The van der Waals surface area contributed by atoms with E-state index in [1.807, 2.05) is 0 Å². The Morgan fingerprint density at radius 3 is 2.80 bits per heavy atom. The van der Waals surface area contributed by atoms with Gasteiger partial charge in [0.2, 0.25) is 5.60 Å². The number of allylic oxidation sites excluding steroid dienone is 2. The van der Waals surface area contributed by atoms with Crippen LogP contribution >= 0.6 is 11.6 Å². The van der Waals surface area contributed by atoms with Crippen LogP contribution in [-0.2, 0) is 14.3 Å². The number of rotatable bonds is 2. The van der Waals surface area contributed by atoms with Crippen molar-refractivity contribution in [3.63, 3.8) is 0 Å². The third-order valence-corrected chi connectivity index (χ3v) is 2.73. The van der Waals surface area contributed by atoms with Gasteiger partial charge in [0.05, 0.1) is 7.11 Å². The van der Waals surface area contributed by atoms with Crippen LogP contribution < -0.4 is 0 Å². The fourth-order valence-electron chi connectivity index (χ4n) is 1.42. The summed E-state index contributed by atoms with van der Waals surface area (Å²) in [6.07, 6.45) is 4.20. The summed E-state index contributed by atoms with van der Waals surface area (Å²) in [6.45, 7) is 1.70. The minimum atomic E-state index is -2.07. The van der Waals surface area contributed by atoms with E-state index in [0.29, 0.717) is 0 Å². The number of ketones is 1. The maximum atomic E-state index is 11.4. The third kappa shape index (κ3) is 1.70. The van der Waals surface area contributed by atoms with Crippen LogP contribution in [0.2, 0.25) is 0 Å². The van der Waals surface area contributed by atoms with Gasteiger partial charge in [0.1, 0.15) is 5.38 Å². The molecule has 0 fully saturated rings. The van der Waals surface area contributed by atoms with Crippen LogP contribution in [0.5, 0.6) is 0 Å². The van der Waals surface area contributed by atoms with Gasteiger partial charge in [-0.25, -0.2) is 4.79 Å². The number of ether oxygens (including phenoxy) is 1. The molecule has 0 spiro atoms. The van der Waals surface area contributed by atoms with Crippen LogP contribution in [0.3, 0.4) is 0 Å². The van der Waals surface area contributed by atoms with Gasteiger partial charge in [0.15, 0.2) is 5.78 Å². The van der Waals surface area contributed by atoms with Crippen molar-refractivity contribution in [2.75, 3.05) is 7.11 Å². The Bertz CT molecular complexity index is 358. The lowest BCUT2D eigenvalue weighted by Gasteiger charge is -2.24. The first kappa shape index (κ1) is 11.9. The number of aliphatic hydroxyl groups is 1. The molecule has 0 saturated heterocycles. The van der Waals surface area contributed by atoms with Crippen LogP contribution in [0, 0.1) is 0 Å². The van der Waals surface area contributed by atoms with Crippen molar-refractivity contribution in [2.24, 2.45) is 0 Å². The van der Waals surface area contributed by atoms with E-state index in [9.17, 15) is 14.7 Å². The van der Waals surface area contributed by atoms with Gasteiger partial charge in [0.25, 0.3) is 0 Å². The number of halogens is 1. The molecule has 5 heteroatoms. The molecular formula is C10H11ClO4. The minimum absolute atomic E-state index is 0.154. The van der Waals surface area contributed by atoms with Crippen molar-refractivity contribution >= 4 is 23.4 Å². The van der Waals surface area contributed by atoms with E-state index >= 15 is 0 Å². The summed E-state index contributed by atoms with van der Waals surface area (Å²) < 4.78 is 4.43. The molecule has 0 unspecified atom stereocenters. The molecule has 0 aliphatic heterocycles. The zero-order valence-corrected chi connectivity index (χ0v) is 9.12. The molecule has 0 radical (unpaired) electrons. The Morgan fingerprint density at radius 1 is 1.73 bits per heavy atom. The van der Waals surface area contributed by atoms with Crippen molar-refractivity contribution in [1.82, 2.24) is 0 Å². The lowest BCUT2D eigenvalue weighted by atomic mass is 9.95. The van der Waals surface area contributed by atoms with Crippen molar-refractivity contribution in [3.05, 3.63) is 23.8 Å². The highest BCUT2D eigenvalue weighted by Crippen LogP contribution is 2.34. The number of hydrogen-bond acceptors (Lipinski definition) is 4. The largest absolute Gasteiger partial charge is 0.467 e. The third-order valence-electron chi connectivity index (χ3n) is 2.20. The Morgan fingerprint density at radius 2 is 2.33 bits per heavy atom. The molecule has 1 rings (SSSR count). The normalized spacial score (nSPS) is 30.8. The standard InChI is InChI=1S/C10H11ClO4/c1-3-4-6-5-7(12)8(11)10(6,14)9(13)15-2/h3-5,8,14H,1-2H3/b4-3+/t8-,10-/m0/s1. The number of methoxy groups -OCH3 is 1. The predicted molar refractivity (Wildman–Crippen MR) is 54.5 cm³/mol. The zero-order chi connectivity index (χ0) is 11.6. The number of esters is 1. The molecule has 0 amide bonds. The number of carbonyl (C=O) groups excluding carboxylic acids is 2. The Kier molecular flexibility index (Phi) is 3.31. The Balaban J connectivity index is 3.20. The van der Waals surface area contributed by atoms with Gasteiger partial charge in [0, 0.05) is 5.57 Å². The molecule has 2 atom stereocenters. The molecule has 0 aromatic heterocycles. The first-order chi connectivity index (χ1) is 6.98. The molecule has 0 aromatic carbocycles. The van der Waals surface area contributed by atoms with Gasteiger partial charge in [-0.2, -0.15) is 0 Å². The van der Waals surface area contributed by atoms with E-state index in [0.717, 1.165) is 13.2 Å². The number of hydrogen-bond donors (Lipinski definition) is 1. The van der Waals surface area contributed by atoms with Crippen molar-refractivity contribution in [1.29, 1.82) is 0 Å². The second-order valence-electron chi connectivity index (χ2n) is 3.12. The average Bonchev–Trinajstić information content (AvgIpc) is 2.44. The molecule has 4 nitrogen and oxygen atoms in total. The average molecular weight is 231 g/mol. The molecule has 1 N–H and O–H groups in total. The molecular weight excluding hydrogens is 220 g/mol. The van der Waals surface area contributed by atoms with Crippen molar-refractivity contribution < 1.29 is 19.4 Å². The van der Waals surface area contributed by atoms with Gasteiger partial charge in [-0.05, 0) is 13.0 Å². The summed E-state index contributed by atoms with van der Waals surface area (Å²) in [5.41, 5.74) is -1.92. The minimum Gasteiger partial charge on any atom is -0.467 e. The maximum absolute atomic E-state index is 11.4. The fraction of sp³-hybridized carbons (Fsp3) is 0.400. The SMILES string of the molecule is C/C=C/C1=CC(=O)[C@H](Cl)[C@]1(O)C(=O)OC. The maximum Gasteiger partial charge on any atom is 0.344 e. The van der Waals surface area contributed by atoms with Gasteiger partial charge in [-0.15, -0.1) is 11.6 Å². The second kappa shape index (κ2) is 4.16. The monoisotopic (exact) mass is 230 g/mol. The number of carbonyl (C=O) groups is 2. The lowest BCUT2D eigenvalue weighted by molar-refractivity contribution is -0.158. The van der Waals surface area contributed by atoms with Crippen LogP contribution in [0.1, 0.15) is 6.92 Å². The van der Waals surface area contributed by atoms with E-state index in [2.05, 4.69) is 4.74 Å². The van der Waals surface area contributed by atoms with Crippen LogP contribution in [-0.4, -0.2) is 34.9 Å². The van der Waals surface area contributed by atoms with Crippen molar-refractivity contribution in [3.8, 4) is 0 Å². The quantitative estimate of drug-likeness (QED) is 0.557. The molecule has 15 heavy (non-hydrogen) atoms. The first-order valence-corrected chi connectivity index (χ1v) is 4.75. The van der Waals surface area contributed by atoms with Gasteiger partial charge >= 0.3 is 5.97 Å². The molecule has 0 aromatic rings. The Labute approximate surface area is 92.2 Å². The summed E-state index contributed by atoms with van der Waals surface area (Å²) in [7, 11) is 1.12. The summed E-state index contributed by atoms with van der Waals surface area (Å²) in [4.78, 5) is 22.7. The summed E-state index contributed by atoms with van der Waals surface area (Å²) in [6, 6.07) is 0. The van der Waals surface area contributed by atoms with Gasteiger partial charge in [-0.3, -0.25) is 4.79 Å². The molecule has 1 aliphatic rings. The lowest BCUT2D eigenvalue weighted by Crippen LogP contribution is -2.48. The van der Waals surface area contributed by atoms with E-state index in [-0.39, 0.29) is 5.57 Å². The predicted octanol–water partition coefficient (Wildman–Crippen LogP) is 0.583. The first-order valence-electron chi connectivity index (χ1n) is 4.32. The molecule has 0 bridgehead atoms. The molecule has 0 heterocycles. The van der Waals surface area contributed by atoms with Crippen LogP contribution in [0.25, 0.3) is 0 Å². The molecule has 1 aliphatic carbocycles. The molecule has 82 valence electrons. The highest BCUT2D eigenvalue weighted by Gasteiger charge is 2.53. The highest BCUT2D eigenvalue weighted by atomic mass is 35.5. The Hall–Kier alpha value is -1.13. The van der Waals surface area contributed by atoms with E-state index in [4.69, 9.17) is 11.6 Å². The van der Waals surface area contributed by atoms with Gasteiger partial charge < -0.3 is 9.84 Å². The van der Waals surface area contributed by atoms with E-state index in [1.165, 1.54) is 6.08 Å². The van der Waals surface area contributed by atoms with Crippen molar-refractivity contribution in [2.45, 2.75) is 17.9 Å². The van der Waals surface area contributed by atoms with E-state index in [1.54, 1.807) is 13.0 Å². The fourth-order valence-corrected chi connectivity index (χ4v) is 1.70. The second-order valence-corrected chi connectivity index (χ2v) is 3.56. The summed E-state index contributed by atoms with van der Waals surface area (Å²) in [5, 5.41) is 8.72. The van der Waals surface area contributed by atoms with Crippen LogP contribution in [0.4, 0.5) is 0 Å². The van der Waals surface area contributed by atoms with Gasteiger partial charge in [-0.1, -0.05) is 12.2 Å².